The van der Waals surface area contributed by atoms with Gasteiger partial charge in [0, 0.05) is 13.0 Å². The Hall–Kier alpha value is -1.75. The predicted octanol–water partition coefficient (Wildman–Crippen LogP) is 2.79. The van der Waals surface area contributed by atoms with E-state index < -0.39 is 5.97 Å². The van der Waals surface area contributed by atoms with Crippen molar-refractivity contribution in [3.05, 3.63) is 28.8 Å². The summed E-state index contributed by atoms with van der Waals surface area (Å²) in [7, 11) is 0. The first kappa shape index (κ1) is 17.3. The van der Waals surface area contributed by atoms with Crippen molar-refractivity contribution < 1.29 is 19.4 Å². The molecule has 116 valence electrons. The number of halogens is 1. The number of carbonyl (C=O) groups excluding carboxylic acids is 1. The molecule has 0 atom stereocenters. The van der Waals surface area contributed by atoms with E-state index in [1.165, 1.54) is 0 Å². The van der Waals surface area contributed by atoms with E-state index in [-0.39, 0.29) is 18.9 Å². The van der Waals surface area contributed by atoms with Gasteiger partial charge in [-0.3, -0.25) is 9.59 Å². The minimum atomic E-state index is -0.789. The van der Waals surface area contributed by atoms with Gasteiger partial charge in [0.15, 0.2) is 6.61 Å². The lowest BCUT2D eigenvalue weighted by Crippen LogP contribution is -2.29. The van der Waals surface area contributed by atoms with Crippen molar-refractivity contribution in [2.24, 2.45) is 0 Å². The number of carboxylic acid groups (broad SMARTS) is 1. The van der Waals surface area contributed by atoms with Crippen molar-refractivity contribution in [2.75, 3.05) is 13.2 Å². The fourth-order valence-electron chi connectivity index (χ4n) is 1.72. The molecule has 0 heterocycles. The number of hydrogen-bond donors (Lipinski definition) is 2. The van der Waals surface area contributed by atoms with Crippen LogP contribution < -0.4 is 10.1 Å². The highest BCUT2D eigenvalue weighted by molar-refractivity contribution is 6.32. The van der Waals surface area contributed by atoms with Gasteiger partial charge in [-0.15, -0.1) is 0 Å². The molecule has 0 saturated heterocycles. The molecule has 0 bridgehead atoms. The molecule has 0 aromatic heterocycles. The Kier molecular flexibility index (Phi) is 7.61. The van der Waals surface area contributed by atoms with Crippen LogP contribution in [0.25, 0.3) is 0 Å². The summed E-state index contributed by atoms with van der Waals surface area (Å²) in [5.74, 6) is -0.512. The van der Waals surface area contributed by atoms with Crippen molar-refractivity contribution in [3.8, 4) is 5.75 Å². The third-order valence-electron chi connectivity index (χ3n) is 2.84. The van der Waals surface area contributed by atoms with Crippen LogP contribution in [0.4, 0.5) is 0 Å². The molecular formula is C15H20ClNO4. The standard InChI is InChI=1S/C15H20ClNO4/c1-11-6-7-12(16)13(9-11)21-10-14(18)17-8-4-2-3-5-15(19)20/h6-7,9H,2-5,8,10H2,1H3,(H,17,18)(H,19,20). The van der Waals surface area contributed by atoms with Crippen LogP contribution in [0.15, 0.2) is 18.2 Å². The van der Waals surface area contributed by atoms with E-state index in [0.717, 1.165) is 18.4 Å². The van der Waals surface area contributed by atoms with Gasteiger partial charge in [0.05, 0.1) is 5.02 Å². The van der Waals surface area contributed by atoms with Crippen LogP contribution in [0.1, 0.15) is 31.2 Å². The van der Waals surface area contributed by atoms with E-state index in [9.17, 15) is 9.59 Å². The van der Waals surface area contributed by atoms with Crippen LogP contribution in [-0.4, -0.2) is 30.1 Å². The molecule has 21 heavy (non-hydrogen) atoms. The van der Waals surface area contributed by atoms with Crippen molar-refractivity contribution in [1.82, 2.24) is 5.32 Å². The number of amides is 1. The Balaban J connectivity index is 2.16. The average Bonchev–Trinajstić information content (AvgIpc) is 2.43. The lowest BCUT2D eigenvalue weighted by Gasteiger charge is -2.09. The average molecular weight is 314 g/mol. The molecule has 1 rings (SSSR count). The summed E-state index contributed by atoms with van der Waals surface area (Å²) in [4.78, 5) is 21.9. The summed E-state index contributed by atoms with van der Waals surface area (Å²) in [6.45, 7) is 2.35. The molecule has 0 aliphatic rings. The lowest BCUT2D eigenvalue weighted by atomic mass is 10.2. The van der Waals surface area contributed by atoms with E-state index in [1.54, 1.807) is 12.1 Å². The Labute approximate surface area is 129 Å². The minimum Gasteiger partial charge on any atom is -0.482 e. The first-order chi connectivity index (χ1) is 9.99. The zero-order valence-electron chi connectivity index (χ0n) is 12.0. The first-order valence-corrected chi connectivity index (χ1v) is 7.24. The molecule has 0 unspecified atom stereocenters. The summed E-state index contributed by atoms with van der Waals surface area (Å²) in [5, 5.41) is 11.7. The van der Waals surface area contributed by atoms with Crippen LogP contribution in [0.5, 0.6) is 5.75 Å². The smallest absolute Gasteiger partial charge is 0.303 e. The summed E-state index contributed by atoms with van der Waals surface area (Å²) in [6.07, 6.45) is 2.32. The van der Waals surface area contributed by atoms with Crippen molar-refractivity contribution in [2.45, 2.75) is 32.6 Å². The summed E-state index contributed by atoms with van der Waals surface area (Å²) in [6, 6.07) is 5.38. The van der Waals surface area contributed by atoms with Crippen LogP contribution in [0.2, 0.25) is 5.02 Å². The summed E-state index contributed by atoms with van der Waals surface area (Å²) in [5.41, 5.74) is 1.01. The second-order valence-electron chi connectivity index (χ2n) is 4.78. The topological polar surface area (TPSA) is 75.6 Å². The van der Waals surface area contributed by atoms with Gasteiger partial charge in [0.1, 0.15) is 5.75 Å². The van der Waals surface area contributed by atoms with Gasteiger partial charge in [-0.1, -0.05) is 24.1 Å². The number of aliphatic carboxylic acids is 1. The Morgan fingerprint density at radius 2 is 2.05 bits per heavy atom. The van der Waals surface area contributed by atoms with Gasteiger partial charge in [-0.25, -0.2) is 0 Å². The van der Waals surface area contributed by atoms with Crippen molar-refractivity contribution >= 4 is 23.5 Å². The van der Waals surface area contributed by atoms with Crippen LogP contribution in [-0.2, 0) is 9.59 Å². The highest BCUT2D eigenvalue weighted by Crippen LogP contribution is 2.24. The molecule has 1 amide bonds. The monoisotopic (exact) mass is 313 g/mol. The largest absolute Gasteiger partial charge is 0.482 e. The van der Waals surface area contributed by atoms with Gasteiger partial charge < -0.3 is 15.2 Å². The zero-order valence-corrected chi connectivity index (χ0v) is 12.8. The second-order valence-corrected chi connectivity index (χ2v) is 5.18. The van der Waals surface area contributed by atoms with Crippen LogP contribution in [0, 0.1) is 6.92 Å². The summed E-state index contributed by atoms with van der Waals surface area (Å²) < 4.78 is 5.37. The van der Waals surface area contributed by atoms with Gasteiger partial charge in [-0.05, 0) is 37.5 Å². The van der Waals surface area contributed by atoms with Crippen molar-refractivity contribution in [3.63, 3.8) is 0 Å². The number of aryl methyl sites for hydroxylation is 1. The fraction of sp³-hybridized carbons (Fsp3) is 0.467. The maximum atomic E-state index is 11.6. The number of rotatable bonds is 9. The van der Waals surface area contributed by atoms with E-state index in [2.05, 4.69) is 5.32 Å². The quantitative estimate of drug-likeness (QED) is 0.687. The normalized spacial score (nSPS) is 10.2. The molecule has 0 saturated carbocycles. The highest BCUT2D eigenvalue weighted by atomic mass is 35.5. The number of hydrogen-bond acceptors (Lipinski definition) is 3. The molecule has 1 aromatic rings. The summed E-state index contributed by atoms with van der Waals surface area (Å²) >= 11 is 5.96. The van der Waals surface area contributed by atoms with Gasteiger partial charge >= 0.3 is 5.97 Å². The maximum Gasteiger partial charge on any atom is 0.303 e. The molecule has 0 aliphatic carbocycles. The Bertz CT molecular complexity index is 491. The lowest BCUT2D eigenvalue weighted by molar-refractivity contribution is -0.137. The number of nitrogens with one attached hydrogen (secondary N) is 1. The SMILES string of the molecule is Cc1ccc(Cl)c(OCC(=O)NCCCCCC(=O)O)c1. The molecule has 6 heteroatoms. The van der Waals surface area contributed by atoms with Gasteiger partial charge in [-0.2, -0.15) is 0 Å². The third-order valence-corrected chi connectivity index (χ3v) is 3.15. The molecule has 0 aliphatic heterocycles. The Morgan fingerprint density at radius 3 is 2.76 bits per heavy atom. The molecular weight excluding hydrogens is 294 g/mol. The Morgan fingerprint density at radius 1 is 1.29 bits per heavy atom. The van der Waals surface area contributed by atoms with Gasteiger partial charge in [0.25, 0.3) is 5.91 Å². The van der Waals surface area contributed by atoms with E-state index in [1.807, 2.05) is 13.0 Å². The number of unbranched alkanes of at least 4 members (excludes halogenated alkanes) is 2. The second kappa shape index (κ2) is 9.23. The predicted molar refractivity (Wildman–Crippen MR) is 80.8 cm³/mol. The number of carboxylic acids is 1. The van der Waals surface area contributed by atoms with E-state index in [4.69, 9.17) is 21.4 Å². The molecule has 1 aromatic carbocycles. The molecule has 5 nitrogen and oxygen atoms in total. The maximum absolute atomic E-state index is 11.6. The molecule has 2 N–H and O–H groups in total. The fourth-order valence-corrected chi connectivity index (χ4v) is 1.89. The number of ether oxygens (including phenoxy) is 1. The highest BCUT2D eigenvalue weighted by Gasteiger charge is 2.06. The van der Waals surface area contributed by atoms with E-state index in [0.29, 0.717) is 23.7 Å². The van der Waals surface area contributed by atoms with Crippen LogP contribution >= 0.6 is 11.6 Å². The number of carbonyl (C=O) groups is 2. The number of benzene rings is 1. The molecule has 0 radical (unpaired) electrons. The van der Waals surface area contributed by atoms with E-state index >= 15 is 0 Å². The van der Waals surface area contributed by atoms with Crippen LogP contribution in [0.3, 0.4) is 0 Å². The van der Waals surface area contributed by atoms with Crippen molar-refractivity contribution in [1.29, 1.82) is 0 Å². The minimum absolute atomic E-state index is 0.0850. The molecule has 0 fully saturated rings. The van der Waals surface area contributed by atoms with Gasteiger partial charge in [0.2, 0.25) is 0 Å². The first-order valence-electron chi connectivity index (χ1n) is 6.86. The zero-order chi connectivity index (χ0) is 15.7. The third kappa shape index (κ3) is 7.56. The molecule has 0 spiro atoms.